The van der Waals surface area contributed by atoms with Crippen LogP contribution in [-0.2, 0) is 6.54 Å². The maximum atomic E-state index is 13.7. The molecule has 0 atom stereocenters. The SMILES string of the molecule is COc1ccc(C(=O)Cn2cnc3ccc([N+](=O)[O-])cc3c2=O)cc1F. The number of nitro benzene ring substituents is 1. The average molecular weight is 357 g/mol. The van der Waals surface area contributed by atoms with E-state index in [2.05, 4.69) is 4.98 Å². The van der Waals surface area contributed by atoms with E-state index < -0.39 is 22.1 Å². The highest BCUT2D eigenvalue weighted by Gasteiger charge is 2.14. The lowest BCUT2D eigenvalue weighted by Gasteiger charge is -2.07. The van der Waals surface area contributed by atoms with Crippen LogP contribution in [0.4, 0.5) is 10.1 Å². The number of ketones is 1. The Morgan fingerprint density at radius 1 is 1.31 bits per heavy atom. The van der Waals surface area contributed by atoms with Crippen molar-refractivity contribution >= 4 is 22.4 Å². The van der Waals surface area contributed by atoms with E-state index in [4.69, 9.17) is 4.74 Å². The minimum atomic E-state index is -0.696. The molecule has 2 aromatic carbocycles. The van der Waals surface area contributed by atoms with Crippen molar-refractivity contribution in [1.29, 1.82) is 0 Å². The number of ether oxygens (including phenoxy) is 1. The van der Waals surface area contributed by atoms with Crippen LogP contribution < -0.4 is 10.3 Å². The topological polar surface area (TPSA) is 104 Å². The smallest absolute Gasteiger partial charge is 0.270 e. The van der Waals surface area contributed by atoms with E-state index in [0.29, 0.717) is 0 Å². The highest BCUT2D eigenvalue weighted by atomic mass is 19.1. The second-order valence-electron chi connectivity index (χ2n) is 5.41. The molecule has 9 heteroatoms. The summed E-state index contributed by atoms with van der Waals surface area (Å²) in [5, 5.41) is 10.9. The molecule has 1 aromatic heterocycles. The zero-order valence-electron chi connectivity index (χ0n) is 13.5. The standard InChI is InChI=1S/C17H12FN3O5/c1-26-16-5-2-10(6-13(16)18)15(22)8-20-9-19-14-4-3-11(21(24)25)7-12(14)17(20)23/h2-7,9H,8H2,1H3. The molecule has 26 heavy (non-hydrogen) atoms. The van der Waals surface area contributed by atoms with Crippen molar-refractivity contribution in [1.82, 2.24) is 9.55 Å². The van der Waals surface area contributed by atoms with Crippen LogP contribution in [0.2, 0.25) is 0 Å². The Kier molecular flexibility index (Phi) is 4.44. The van der Waals surface area contributed by atoms with Gasteiger partial charge in [0.15, 0.2) is 17.3 Å². The summed E-state index contributed by atoms with van der Waals surface area (Å²) in [5.74, 6) is -1.21. The van der Waals surface area contributed by atoms with Crippen LogP contribution in [0.5, 0.6) is 5.75 Å². The van der Waals surface area contributed by atoms with Gasteiger partial charge in [0.2, 0.25) is 0 Å². The average Bonchev–Trinajstić information content (AvgIpc) is 2.63. The van der Waals surface area contributed by atoms with Crippen LogP contribution in [-0.4, -0.2) is 27.4 Å². The lowest BCUT2D eigenvalue weighted by molar-refractivity contribution is -0.384. The van der Waals surface area contributed by atoms with Gasteiger partial charge in [-0.05, 0) is 24.3 Å². The molecular formula is C17H12FN3O5. The van der Waals surface area contributed by atoms with Crippen LogP contribution >= 0.6 is 0 Å². The molecule has 0 aliphatic rings. The van der Waals surface area contributed by atoms with Gasteiger partial charge in [0.1, 0.15) is 0 Å². The number of hydrogen-bond acceptors (Lipinski definition) is 6. The first-order chi connectivity index (χ1) is 12.4. The fourth-order valence-electron chi connectivity index (χ4n) is 2.46. The normalized spacial score (nSPS) is 10.7. The molecule has 0 N–H and O–H groups in total. The first-order valence-electron chi connectivity index (χ1n) is 7.41. The van der Waals surface area contributed by atoms with Gasteiger partial charge >= 0.3 is 0 Å². The Hall–Kier alpha value is -3.62. The molecule has 0 unspecified atom stereocenters. The number of aromatic nitrogens is 2. The van der Waals surface area contributed by atoms with Crippen LogP contribution in [0, 0.1) is 15.9 Å². The van der Waals surface area contributed by atoms with E-state index in [1.54, 1.807) is 0 Å². The van der Waals surface area contributed by atoms with Gasteiger partial charge in [-0.3, -0.25) is 24.3 Å². The molecule has 0 fully saturated rings. The minimum absolute atomic E-state index is 0.00148. The van der Waals surface area contributed by atoms with Gasteiger partial charge < -0.3 is 4.74 Å². The quantitative estimate of drug-likeness (QED) is 0.394. The summed E-state index contributed by atoms with van der Waals surface area (Å²) < 4.78 is 19.5. The molecular weight excluding hydrogens is 345 g/mol. The number of methoxy groups -OCH3 is 1. The van der Waals surface area contributed by atoms with E-state index in [1.807, 2.05) is 0 Å². The molecule has 0 spiro atoms. The van der Waals surface area contributed by atoms with Crippen molar-refractivity contribution < 1.29 is 18.8 Å². The van der Waals surface area contributed by atoms with Crippen molar-refractivity contribution in [2.45, 2.75) is 6.54 Å². The fourth-order valence-corrected chi connectivity index (χ4v) is 2.46. The Labute approximate surface area is 145 Å². The number of carbonyl (C=O) groups is 1. The highest BCUT2D eigenvalue weighted by Crippen LogP contribution is 2.19. The number of nitrogens with zero attached hydrogens (tertiary/aromatic N) is 3. The molecule has 0 radical (unpaired) electrons. The lowest BCUT2D eigenvalue weighted by Crippen LogP contribution is -2.24. The van der Waals surface area contributed by atoms with Crippen LogP contribution in [0.3, 0.4) is 0 Å². The Balaban J connectivity index is 1.96. The first kappa shape index (κ1) is 17.2. The van der Waals surface area contributed by atoms with Crippen LogP contribution in [0.15, 0.2) is 47.5 Å². The van der Waals surface area contributed by atoms with Crippen molar-refractivity contribution in [2.75, 3.05) is 7.11 Å². The van der Waals surface area contributed by atoms with Crippen molar-refractivity contribution in [3.63, 3.8) is 0 Å². The van der Waals surface area contributed by atoms with Gasteiger partial charge in [0.05, 0.1) is 35.8 Å². The number of hydrogen-bond donors (Lipinski definition) is 0. The maximum absolute atomic E-state index is 13.7. The summed E-state index contributed by atoms with van der Waals surface area (Å²) >= 11 is 0. The third-order valence-corrected chi connectivity index (χ3v) is 3.81. The van der Waals surface area contributed by atoms with Crippen molar-refractivity contribution in [3.05, 3.63) is 74.6 Å². The second kappa shape index (κ2) is 6.71. The third kappa shape index (κ3) is 3.14. The van der Waals surface area contributed by atoms with E-state index in [1.165, 1.54) is 37.7 Å². The van der Waals surface area contributed by atoms with E-state index in [0.717, 1.165) is 16.7 Å². The fraction of sp³-hybridized carbons (Fsp3) is 0.118. The summed E-state index contributed by atoms with van der Waals surface area (Å²) in [5.41, 5.74) is -0.507. The Bertz CT molecular complexity index is 1090. The second-order valence-corrected chi connectivity index (χ2v) is 5.41. The van der Waals surface area contributed by atoms with Gasteiger partial charge in [-0.15, -0.1) is 0 Å². The van der Waals surface area contributed by atoms with Gasteiger partial charge in [-0.2, -0.15) is 0 Å². The molecule has 8 nitrogen and oxygen atoms in total. The Morgan fingerprint density at radius 3 is 2.73 bits per heavy atom. The minimum Gasteiger partial charge on any atom is -0.494 e. The molecule has 0 saturated heterocycles. The van der Waals surface area contributed by atoms with Crippen LogP contribution in [0.1, 0.15) is 10.4 Å². The number of halogens is 1. The molecule has 3 rings (SSSR count). The summed E-state index contributed by atoms with van der Waals surface area (Å²) in [6, 6.07) is 7.43. The van der Waals surface area contributed by atoms with Crippen molar-refractivity contribution in [3.8, 4) is 5.75 Å². The number of Topliss-reactive ketones (excluding diaryl/α,β-unsaturated/α-hetero) is 1. The predicted octanol–water partition coefficient (Wildman–Crippen LogP) is 2.34. The molecule has 0 bridgehead atoms. The van der Waals surface area contributed by atoms with Gasteiger partial charge in [-0.1, -0.05) is 0 Å². The van der Waals surface area contributed by atoms with Gasteiger partial charge in [-0.25, -0.2) is 9.37 Å². The number of nitro groups is 1. The molecule has 132 valence electrons. The highest BCUT2D eigenvalue weighted by molar-refractivity contribution is 5.96. The number of fused-ring (bicyclic) bond motifs is 1. The maximum Gasteiger partial charge on any atom is 0.270 e. The van der Waals surface area contributed by atoms with Gasteiger partial charge in [0, 0.05) is 17.7 Å². The lowest BCUT2D eigenvalue weighted by atomic mass is 10.1. The van der Waals surface area contributed by atoms with Crippen molar-refractivity contribution in [2.24, 2.45) is 0 Å². The third-order valence-electron chi connectivity index (χ3n) is 3.81. The summed E-state index contributed by atoms with van der Waals surface area (Å²) in [6.45, 7) is -0.379. The van der Waals surface area contributed by atoms with E-state index >= 15 is 0 Å². The number of non-ortho nitro benzene ring substituents is 1. The first-order valence-corrected chi connectivity index (χ1v) is 7.41. The van der Waals surface area contributed by atoms with Gasteiger partial charge in [0.25, 0.3) is 11.2 Å². The van der Waals surface area contributed by atoms with Crippen LogP contribution in [0.25, 0.3) is 10.9 Å². The molecule has 0 saturated carbocycles. The molecule has 1 heterocycles. The molecule has 0 amide bonds. The number of rotatable bonds is 5. The number of carbonyl (C=O) groups excluding carboxylic acids is 1. The largest absolute Gasteiger partial charge is 0.494 e. The van der Waals surface area contributed by atoms with E-state index in [-0.39, 0.29) is 34.4 Å². The molecule has 3 aromatic rings. The summed E-state index contributed by atoms with van der Waals surface area (Å²) in [6.07, 6.45) is 1.17. The Morgan fingerprint density at radius 2 is 2.08 bits per heavy atom. The predicted molar refractivity (Wildman–Crippen MR) is 89.9 cm³/mol. The molecule has 0 aliphatic carbocycles. The summed E-state index contributed by atoms with van der Waals surface area (Å²) in [4.78, 5) is 39.1. The zero-order chi connectivity index (χ0) is 18.8. The van der Waals surface area contributed by atoms with E-state index in [9.17, 15) is 24.1 Å². The zero-order valence-corrected chi connectivity index (χ0v) is 13.5. The molecule has 0 aliphatic heterocycles. The number of benzene rings is 2. The monoisotopic (exact) mass is 357 g/mol. The summed E-state index contributed by atoms with van der Waals surface area (Å²) in [7, 11) is 1.30.